The molecule has 0 aromatic carbocycles. The maximum absolute atomic E-state index is 4.06. The fraction of sp³-hybridized carbons (Fsp3) is 0.688. The van der Waals surface area contributed by atoms with Crippen molar-refractivity contribution in [3.05, 3.63) is 30.1 Å². The van der Waals surface area contributed by atoms with Crippen LogP contribution in [0.25, 0.3) is 0 Å². The van der Waals surface area contributed by atoms with E-state index in [0.717, 1.165) is 19.0 Å². The molecule has 19 heavy (non-hydrogen) atoms. The second kappa shape index (κ2) is 6.49. The van der Waals surface area contributed by atoms with E-state index in [-0.39, 0.29) is 0 Å². The minimum Gasteiger partial charge on any atom is -0.311 e. The van der Waals surface area contributed by atoms with Crippen LogP contribution in [0.2, 0.25) is 0 Å². The van der Waals surface area contributed by atoms with Crippen molar-refractivity contribution in [1.82, 2.24) is 15.2 Å². The van der Waals surface area contributed by atoms with E-state index in [2.05, 4.69) is 48.4 Å². The van der Waals surface area contributed by atoms with Gasteiger partial charge in [-0.3, -0.25) is 4.98 Å². The lowest BCUT2D eigenvalue weighted by Crippen LogP contribution is -2.54. The molecule has 1 saturated carbocycles. The van der Waals surface area contributed by atoms with Gasteiger partial charge in [0.1, 0.15) is 0 Å². The zero-order valence-electron chi connectivity index (χ0n) is 12.5. The van der Waals surface area contributed by atoms with Crippen LogP contribution in [-0.4, -0.2) is 36.1 Å². The van der Waals surface area contributed by atoms with Crippen LogP contribution in [0.3, 0.4) is 0 Å². The Kier molecular flexibility index (Phi) is 4.94. The van der Waals surface area contributed by atoms with Gasteiger partial charge in [-0.25, -0.2) is 0 Å². The Hall–Kier alpha value is -0.930. The molecule has 1 N–H and O–H groups in total. The first-order valence-electron chi connectivity index (χ1n) is 7.39. The Morgan fingerprint density at radius 2 is 2.11 bits per heavy atom. The van der Waals surface area contributed by atoms with Crippen LogP contribution >= 0.6 is 0 Å². The van der Waals surface area contributed by atoms with Crippen molar-refractivity contribution in [2.45, 2.75) is 44.7 Å². The van der Waals surface area contributed by atoms with Gasteiger partial charge >= 0.3 is 0 Å². The van der Waals surface area contributed by atoms with Crippen molar-refractivity contribution in [2.75, 3.05) is 20.6 Å². The van der Waals surface area contributed by atoms with Crippen molar-refractivity contribution in [1.29, 1.82) is 0 Å². The van der Waals surface area contributed by atoms with Gasteiger partial charge in [0.2, 0.25) is 0 Å². The lowest BCUT2D eigenvalue weighted by Gasteiger charge is -2.45. The third-order valence-corrected chi connectivity index (χ3v) is 4.55. The average Bonchev–Trinajstić information content (AvgIpc) is 2.40. The standard InChI is InChI=1S/C16H27N3/c1-14-5-4-8-16(11-14,19(2)3)13-18-12-15-6-9-17-10-7-15/h6-7,9-10,14,18H,4-5,8,11-13H2,1-3H3/t14-,16+/m1/s1. The topological polar surface area (TPSA) is 28.2 Å². The molecule has 0 aliphatic heterocycles. The van der Waals surface area contributed by atoms with E-state index >= 15 is 0 Å². The number of pyridine rings is 1. The number of hydrogen-bond donors (Lipinski definition) is 1. The van der Waals surface area contributed by atoms with Crippen LogP contribution in [0, 0.1) is 5.92 Å². The Balaban J connectivity index is 1.90. The second-order valence-electron chi connectivity index (χ2n) is 6.28. The third kappa shape index (κ3) is 3.77. The van der Waals surface area contributed by atoms with E-state index in [1.165, 1.54) is 31.2 Å². The van der Waals surface area contributed by atoms with E-state index in [9.17, 15) is 0 Å². The lowest BCUT2D eigenvalue weighted by molar-refractivity contribution is 0.0749. The largest absolute Gasteiger partial charge is 0.311 e. The molecule has 2 rings (SSSR count). The van der Waals surface area contributed by atoms with Gasteiger partial charge in [0.05, 0.1) is 0 Å². The molecule has 1 aromatic rings. The fourth-order valence-electron chi connectivity index (χ4n) is 3.30. The molecule has 0 saturated heterocycles. The molecule has 0 radical (unpaired) electrons. The van der Waals surface area contributed by atoms with Crippen molar-refractivity contribution >= 4 is 0 Å². The summed E-state index contributed by atoms with van der Waals surface area (Å²) in [5, 5.41) is 3.64. The van der Waals surface area contributed by atoms with Gasteiger partial charge in [-0.2, -0.15) is 0 Å². The molecule has 1 aromatic heterocycles. The van der Waals surface area contributed by atoms with Gasteiger partial charge in [0.25, 0.3) is 0 Å². The zero-order valence-corrected chi connectivity index (χ0v) is 12.5. The van der Waals surface area contributed by atoms with Crippen LogP contribution in [-0.2, 0) is 6.54 Å². The van der Waals surface area contributed by atoms with Gasteiger partial charge in [0, 0.05) is 31.0 Å². The zero-order chi connectivity index (χ0) is 13.7. The molecule has 3 nitrogen and oxygen atoms in total. The molecule has 0 bridgehead atoms. The minimum absolute atomic E-state index is 0.338. The van der Waals surface area contributed by atoms with E-state index in [1.807, 2.05) is 12.4 Å². The molecule has 2 atom stereocenters. The summed E-state index contributed by atoms with van der Waals surface area (Å²) in [5.41, 5.74) is 1.65. The average molecular weight is 261 g/mol. The van der Waals surface area contributed by atoms with E-state index in [1.54, 1.807) is 0 Å². The molecule has 0 unspecified atom stereocenters. The summed E-state index contributed by atoms with van der Waals surface area (Å²) in [6.45, 7) is 4.40. The molecule has 1 aliphatic rings. The smallest absolute Gasteiger partial charge is 0.0330 e. The molecule has 106 valence electrons. The summed E-state index contributed by atoms with van der Waals surface area (Å²) in [5.74, 6) is 0.846. The van der Waals surface area contributed by atoms with Crippen molar-refractivity contribution in [3.8, 4) is 0 Å². The summed E-state index contributed by atoms with van der Waals surface area (Å²) >= 11 is 0. The van der Waals surface area contributed by atoms with Crippen molar-refractivity contribution in [2.24, 2.45) is 5.92 Å². The first kappa shape index (κ1) is 14.5. The highest BCUT2D eigenvalue weighted by Crippen LogP contribution is 2.35. The Morgan fingerprint density at radius 1 is 1.37 bits per heavy atom. The first-order valence-corrected chi connectivity index (χ1v) is 7.39. The van der Waals surface area contributed by atoms with E-state index in [4.69, 9.17) is 0 Å². The van der Waals surface area contributed by atoms with Crippen LogP contribution in [0.1, 0.15) is 38.2 Å². The van der Waals surface area contributed by atoms with Crippen LogP contribution < -0.4 is 5.32 Å². The molecule has 1 fully saturated rings. The minimum atomic E-state index is 0.338. The predicted molar refractivity (Wildman–Crippen MR) is 80.0 cm³/mol. The number of hydrogen-bond acceptors (Lipinski definition) is 3. The highest BCUT2D eigenvalue weighted by atomic mass is 15.2. The van der Waals surface area contributed by atoms with E-state index in [0.29, 0.717) is 5.54 Å². The van der Waals surface area contributed by atoms with Gasteiger partial charge < -0.3 is 10.2 Å². The van der Waals surface area contributed by atoms with Gasteiger partial charge in [-0.15, -0.1) is 0 Å². The Bertz CT molecular complexity index is 377. The normalized spacial score (nSPS) is 27.7. The van der Waals surface area contributed by atoms with Crippen molar-refractivity contribution in [3.63, 3.8) is 0 Å². The van der Waals surface area contributed by atoms with Gasteiger partial charge in [-0.05, 0) is 50.6 Å². The summed E-state index contributed by atoms with van der Waals surface area (Å²) < 4.78 is 0. The Morgan fingerprint density at radius 3 is 2.74 bits per heavy atom. The number of nitrogens with one attached hydrogen (secondary N) is 1. The molecule has 0 amide bonds. The van der Waals surface area contributed by atoms with Crippen molar-refractivity contribution < 1.29 is 0 Å². The predicted octanol–water partition coefficient (Wildman–Crippen LogP) is 2.68. The monoisotopic (exact) mass is 261 g/mol. The summed E-state index contributed by atoms with van der Waals surface area (Å²) in [4.78, 5) is 6.49. The molecule has 1 aliphatic carbocycles. The fourth-order valence-corrected chi connectivity index (χ4v) is 3.30. The molecular weight excluding hydrogens is 234 g/mol. The summed E-state index contributed by atoms with van der Waals surface area (Å²) in [6, 6.07) is 4.16. The number of aromatic nitrogens is 1. The first-order chi connectivity index (χ1) is 9.12. The van der Waals surface area contributed by atoms with Crippen LogP contribution in [0.4, 0.5) is 0 Å². The maximum atomic E-state index is 4.06. The highest BCUT2D eigenvalue weighted by Gasteiger charge is 2.36. The number of rotatable bonds is 5. The highest BCUT2D eigenvalue weighted by molar-refractivity contribution is 5.09. The van der Waals surface area contributed by atoms with Crippen LogP contribution in [0.15, 0.2) is 24.5 Å². The summed E-state index contributed by atoms with van der Waals surface area (Å²) in [7, 11) is 4.46. The number of likely N-dealkylation sites (N-methyl/N-ethyl adjacent to an activating group) is 1. The summed E-state index contributed by atoms with van der Waals surface area (Å²) in [6.07, 6.45) is 9.09. The molecule has 3 heteroatoms. The maximum Gasteiger partial charge on any atom is 0.0330 e. The second-order valence-corrected chi connectivity index (χ2v) is 6.28. The molecule has 1 heterocycles. The molecule has 0 spiro atoms. The SMILES string of the molecule is C[C@@H]1CCC[C@](CNCc2ccncc2)(N(C)C)C1. The van der Waals surface area contributed by atoms with Gasteiger partial charge in [-0.1, -0.05) is 19.8 Å². The quantitative estimate of drug-likeness (QED) is 0.883. The lowest BCUT2D eigenvalue weighted by atomic mass is 9.75. The van der Waals surface area contributed by atoms with E-state index < -0.39 is 0 Å². The third-order valence-electron chi connectivity index (χ3n) is 4.55. The number of nitrogens with zero attached hydrogens (tertiary/aromatic N) is 2. The molecular formula is C16H27N3. The van der Waals surface area contributed by atoms with Gasteiger partial charge in [0.15, 0.2) is 0 Å². The van der Waals surface area contributed by atoms with Crippen LogP contribution in [0.5, 0.6) is 0 Å². The Labute approximate surface area is 117 Å².